The number of nitrogens with one attached hydrogen (secondary N) is 2. The van der Waals surface area contributed by atoms with Crippen LogP contribution in [0.4, 0.5) is 11.4 Å². The van der Waals surface area contributed by atoms with E-state index in [9.17, 15) is 19.7 Å². The number of aromatic nitrogens is 3. The summed E-state index contributed by atoms with van der Waals surface area (Å²) in [5.41, 5.74) is 4.96. The van der Waals surface area contributed by atoms with Gasteiger partial charge in [0.15, 0.2) is 11.0 Å². The number of carbonyl (C=O) groups excluding carboxylic acids is 2. The summed E-state index contributed by atoms with van der Waals surface area (Å²) in [5, 5.41) is 26.1. The van der Waals surface area contributed by atoms with E-state index in [1.165, 1.54) is 23.9 Å². The summed E-state index contributed by atoms with van der Waals surface area (Å²) in [5.74, 6) is -0.0757. The molecular formula is C28H28N6O4S. The Morgan fingerprint density at radius 2 is 1.72 bits per heavy atom. The van der Waals surface area contributed by atoms with Crippen molar-refractivity contribution in [2.75, 3.05) is 11.1 Å². The number of benzene rings is 3. The first kappa shape index (κ1) is 27.5. The molecule has 10 nitrogen and oxygen atoms in total. The molecule has 0 aliphatic rings. The second-order valence-corrected chi connectivity index (χ2v) is 10.1. The van der Waals surface area contributed by atoms with Crippen molar-refractivity contribution in [3.8, 4) is 5.69 Å². The summed E-state index contributed by atoms with van der Waals surface area (Å²) in [4.78, 5) is 36.4. The summed E-state index contributed by atoms with van der Waals surface area (Å²) < 4.78 is 1.83. The van der Waals surface area contributed by atoms with Crippen LogP contribution >= 0.6 is 11.8 Å². The molecule has 0 saturated heterocycles. The molecule has 2 amide bonds. The lowest BCUT2D eigenvalue weighted by atomic mass is 10.1. The minimum atomic E-state index is -0.512. The van der Waals surface area contributed by atoms with Crippen molar-refractivity contribution in [3.05, 3.63) is 104 Å². The third kappa shape index (κ3) is 6.50. The SMILES string of the molecule is Cc1cccc(NC(=O)CSc2nnc(CNC(=O)c3cccc([N+](=O)[O-])c3C)n2-c2cc(C)ccc2C)c1. The third-order valence-corrected chi connectivity index (χ3v) is 7.02. The van der Waals surface area contributed by atoms with Gasteiger partial charge in [0.25, 0.3) is 11.6 Å². The third-order valence-electron chi connectivity index (χ3n) is 6.09. The molecule has 0 saturated carbocycles. The van der Waals surface area contributed by atoms with Crippen molar-refractivity contribution in [1.29, 1.82) is 0 Å². The normalized spacial score (nSPS) is 10.8. The highest BCUT2D eigenvalue weighted by molar-refractivity contribution is 7.99. The summed E-state index contributed by atoms with van der Waals surface area (Å²) in [6.07, 6.45) is 0. The first-order valence-corrected chi connectivity index (χ1v) is 13.2. The summed E-state index contributed by atoms with van der Waals surface area (Å²) >= 11 is 1.24. The molecule has 1 aromatic heterocycles. The predicted octanol–water partition coefficient (Wildman–Crippen LogP) is 5.07. The fourth-order valence-corrected chi connectivity index (χ4v) is 4.85. The lowest BCUT2D eigenvalue weighted by molar-refractivity contribution is -0.385. The van der Waals surface area contributed by atoms with Gasteiger partial charge in [-0.05, 0) is 68.7 Å². The highest BCUT2D eigenvalue weighted by atomic mass is 32.2. The van der Waals surface area contributed by atoms with E-state index in [-0.39, 0.29) is 35.0 Å². The molecular weight excluding hydrogens is 516 g/mol. The van der Waals surface area contributed by atoms with E-state index in [0.717, 1.165) is 28.1 Å². The average molecular weight is 545 g/mol. The Kier molecular flexibility index (Phi) is 8.40. The van der Waals surface area contributed by atoms with Crippen LogP contribution in [-0.4, -0.2) is 37.3 Å². The molecule has 4 rings (SSSR count). The molecule has 0 aliphatic heterocycles. The number of nitrogens with zero attached hydrogens (tertiary/aromatic N) is 4. The molecule has 0 unspecified atom stereocenters. The van der Waals surface area contributed by atoms with Crippen LogP contribution in [0.2, 0.25) is 0 Å². The van der Waals surface area contributed by atoms with E-state index in [2.05, 4.69) is 20.8 Å². The van der Waals surface area contributed by atoms with E-state index < -0.39 is 10.8 Å². The molecule has 0 aliphatic carbocycles. The number of aryl methyl sites for hydroxylation is 3. The summed E-state index contributed by atoms with van der Waals surface area (Å²) in [7, 11) is 0. The molecule has 0 bridgehead atoms. The van der Waals surface area contributed by atoms with Crippen LogP contribution in [0.1, 0.15) is 38.4 Å². The van der Waals surface area contributed by atoms with Gasteiger partial charge in [0.05, 0.1) is 22.9 Å². The first-order valence-electron chi connectivity index (χ1n) is 12.2. The van der Waals surface area contributed by atoms with Gasteiger partial charge >= 0.3 is 0 Å². The maximum absolute atomic E-state index is 13.0. The minimum absolute atomic E-state index is 0.0252. The zero-order valence-corrected chi connectivity index (χ0v) is 22.8. The van der Waals surface area contributed by atoms with Gasteiger partial charge in [-0.2, -0.15) is 0 Å². The minimum Gasteiger partial charge on any atom is -0.345 e. The van der Waals surface area contributed by atoms with Gasteiger partial charge in [0.2, 0.25) is 5.91 Å². The Labute approximate surface area is 230 Å². The number of amides is 2. The highest BCUT2D eigenvalue weighted by Crippen LogP contribution is 2.26. The Balaban J connectivity index is 1.57. The summed E-state index contributed by atoms with van der Waals surface area (Å²) in [6, 6.07) is 17.9. The van der Waals surface area contributed by atoms with Crippen LogP contribution in [0.3, 0.4) is 0 Å². The molecule has 200 valence electrons. The van der Waals surface area contributed by atoms with Gasteiger partial charge in [-0.15, -0.1) is 10.2 Å². The van der Waals surface area contributed by atoms with Gasteiger partial charge in [-0.25, -0.2) is 0 Å². The van der Waals surface area contributed by atoms with Crippen LogP contribution in [0.25, 0.3) is 5.69 Å². The highest BCUT2D eigenvalue weighted by Gasteiger charge is 2.21. The van der Waals surface area contributed by atoms with Crippen molar-refractivity contribution in [2.24, 2.45) is 0 Å². The fourth-order valence-electron chi connectivity index (χ4n) is 4.08. The van der Waals surface area contributed by atoms with Crippen LogP contribution < -0.4 is 10.6 Å². The number of thioether (sulfide) groups is 1. The molecule has 4 aromatic rings. The molecule has 0 fully saturated rings. The fraction of sp³-hybridized carbons (Fsp3) is 0.214. The number of nitro groups is 1. The predicted molar refractivity (Wildman–Crippen MR) is 150 cm³/mol. The topological polar surface area (TPSA) is 132 Å². The smallest absolute Gasteiger partial charge is 0.273 e. The van der Waals surface area contributed by atoms with Gasteiger partial charge in [-0.3, -0.25) is 24.3 Å². The molecule has 0 atom stereocenters. The number of nitro benzene ring substituents is 1. The molecule has 11 heteroatoms. The van der Waals surface area contributed by atoms with Crippen LogP contribution in [-0.2, 0) is 11.3 Å². The van der Waals surface area contributed by atoms with Gasteiger partial charge in [0.1, 0.15) is 0 Å². The van der Waals surface area contributed by atoms with Gasteiger partial charge in [0, 0.05) is 22.9 Å². The average Bonchev–Trinajstić information content (AvgIpc) is 3.30. The van der Waals surface area contributed by atoms with Crippen LogP contribution in [0.15, 0.2) is 65.8 Å². The number of rotatable bonds is 9. The maximum atomic E-state index is 13.0. The zero-order valence-electron chi connectivity index (χ0n) is 22.0. The van der Waals surface area contributed by atoms with Crippen LogP contribution in [0, 0.1) is 37.8 Å². The lowest BCUT2D eigenvalue weighted by Gasteiger charge is -2.14. The number of carbonyl (C=O) groups is 2. The van der Waals surface area contributed by atoms with Crippen molar-refractivity contribution in [2.45, 2.75) is 39.4 Å². The Bertz CT molecular complexity index is 1570. The van der Waals surface area contributed by atoms with Gasteiger partial charge < -0.3 is 10.6 Å². The van der Waals surface area contributed by atoms with E-state index in [4.69, 9.17) is 0 Å². The first-order chi connectivity index (χ1) is 18.6. The number of anilines is 1. The van der Waals surface area contributed by atoms with E-state index in [1.807, 2.05) is 67.8 Å². The maximum Gasteiger partial charge on any atom is 0.273 e. The second-order valence-electron chi connectivity index (χ2n) is 9.12. The van der Waals surface area contributed by atoms with Crippen molar-refractivity contribution < 1.29 is 14.5 Å². The number of hydrogen-bond acceptors (Lipinski definition) is 7. The zero-order chi connectivity index (χ0) is 28.1. The molecule has 3 aromatic carbocycles. The quantitative estimate of drug-likeness (QED) is 0.171. The van der Waals surface area contributed by atoms with Crippen molar-refractivity contribution >= 4 is 35.0 Å². The molecule has 1 heterocycles. The molecule has 0 radical (unpaired) electrons. The largest absolute Gasteiger partial charge is 0.345 e. The molecule has 39 heavy (non-hydrogen) atoms. The summed E-state index contributed by atoms with van der Waals surface area (Å²) in [6.45, 7) is 7.46. The molecule has 2 N–H and O–H groups in total. The van der Waals surface area contributed by atoms with E-state index >= 15 is 0 Å². The van der Waals surface area contributed by atoms with Crippen molar-refractivity contribution in [1.82, 2.24) is 20.1 Å². The Morgan fingerprint density at radius 3 is 2.46 bits per heavy atom. The number of hydrogen-bond donors (Lipinski definition) is 2. The lowest BCUT2D eigenvalue weighted by Crippen LogP contribution is -2.25. The second kappa shape index (κ2) is 11.9. The Morgan fingerprint density at radius 1 is 0.974 bits per heavy atom. The van der Waals surface area contributed by atoms with Gasteiger partial charge in [-0.1, -0.05) is 42.1 Å². The van der Waals surface area contributed by atoms with E-state index in [0.29, 0.717) is 11.0 Å². The van der Waals surface area contributed by atoms with Crippen LogP contribution in [0.5, 0.6) is 0 Å². The standard InChI is InChI=1S/C28H28N6O4S/c1-17-7-5-8-21(13-17)30-26(35)16-39-28-32-31-25(33(28)24-14-18(2)11-12-19(24)3)15-29-27(36)22-9-6-10-23(20(22)4)34(37)38/h5-14H,15-16H2,1-4H3,(H,29,36)(H,30,35). The molecule has 0 spiro atoms. The van der Waals surface area contributed by atoms with Crippen molar-refractivity contribution in [3.63, 3.8) is 0 Å². The monoisotopic (exact) mass is 544 g/mol. The Hall–Kier alpha value is -4.51. The van der Waals surface area contributed by atoms with E-state index in [1.54, 1.807) is 13.0 Å².